The lowest BCUT2D eigenvalue weighted by Gasteiger charge is -2.19. The van der Waals surface area contributed by atoms with Crippen LogP contribution in [0.15, 0.2) is 63.0 Å². The largest absolute Gasteiger partial charge is 0.455 e. The highest BCUT2D eigenvalue weighted by atomic mass is 32.2. The molecule has 0 aliphatic rings. The van der Waals surface area contributed by atoms with E-state index in [1.165, 1.54) is 29.3 Å². The van der Waals surface area contributed by atoms with E-state index >= 15 is 0 Å². The van der Waals surface area contributed by atoms with Gasteiger partial charge in [-0.05, 0) is 68.1 Å². The Kier molecular flexibility index (Phi) is 6.06. The van der Waals surface area contributed by atoms with E-state index in [0.717, 1.165) is 11.1 Å². The van der Waals surface area contributed by atoms with Gasteiger partial charge in [0.2, 0.25) is 0 Å². The van der Waals surface area contributed by atoms with Crippen molar-refractivity contribution in [2.45, 2.75) is 32.6 Å². The van der Waals surface area contributed by atoms with Crippen molar-refractivity contribution in [1.29, 1.82) is 0 Å². The van der Waals surface area contributed by atoms with Crippen molar-refractivity contribution in [2.75, 3.05) is 4.72 Å². The Hall–Kier alpha value is -3.85. The first kappa shape index (κ1) is 24.3. The van der Waals surface area contributed by atoms with Crippen molar-refractivity contribution in [3.63, 3.8) is 0 Å². The lowest BCUT2D eigenvalue weighted by atomic mass is 10.0. The Balaban J connectivity index is 1.98. The van der Waals surface area contributed by atoms with Crippen LogP contribution in [0, 0.1) is 27.7 Å². The Labute approximate surface area is 203 Å². The maximum Gasteiger partial charge on any atom is 0.316 e. The number of sulfonamides is 1. The molecule has 1 heterocycles. The first-order valence-electron chi connectivity index (χ1n) is 11.0. The van der Waals surface area contributed by atoms with E-state index < -0.39 is 21.1 Å². The molecule has 0 aliphatic heterocycles. The molecule has 0 aliphatic carbocycles. The smallest absolute Gasteiger partial charge is 0.316 e. The fraction of sp³-hybridized carbons (Fsp3) is 0.231. The molecule has 0 spiro atoms. The zero-order valence-corrected chi connectivity index (χ0v) is 21.3. The third kappa shape index (κ3) is 4.23. The van der Waals surface area contributed by atoms with Crippen LogP contribution in [-0.4, -0.2) is 17.6 Å². The van der Waals surface area contributed by atoms with E-state index in [1.807, 2.05) is 26.0 Å². The molecule has 35 heavy (non-hydrogen) atoms. The number of nitrogens with one attached hydrogen (secondary N) is 1. The number of hydrogen-bond donors (Lipinski definition) is 1. The fourth-order valence-corrected chi connectivity index (χ4v) is 5.84. The van der Waals surface area contributed by atoms with Crippen LogP contribution in [-0.2, 0) is 24.1 Å². The summed E-state index contributed by atoms with van der Waals surface area (Å²) >= 11 is 0. The maximum atomic E-state index is 13.7. The van der Waals surface area contributed by atoms with Crippen LogP contribution < -0.4 is 20.6 Å². The van der Waals surface area contributed by atoms with Crippen molar-refractivity contribution in [1.82, 2.24) is 9.13 Å². The molecule has 4 aromatic rings. The number of aryl methyl sites for hydroxylation is 4. The minimum atomic E-state index is -4.03. The quantitative estimate of drug-likeness (QED) is 0.423. The highest BCUT2D eigenvalue weighted by Gasteiger charge is 2.25. The molecule has 0 amide bonds. The number of nitrogens with zero attached hydrogens (tertiary/aromatic N) is 2. The third-order valence-corrected chi connectivity index (χ3v) is 8.01. The second kappa shape index (κ2) is 8.74. The summed E-state index contributed by atoms with van der Waals surface area (Å²) in [5, 5.41) is 0. The number of para-hydroxylation sites is 1. The van der Waals surface area contributed by atoms with E-state index in [4.69, 9.17) is 4.74 Å². The third-order valence-electron chi connectivity index (χ3n) is 6.37. The number of aromatic nitrogens is 2. The highest BCUT2D eigenvalue weighted by Crippen LogP contribution is 2.36. The molecule has 1 aromatic heterocycles. The van der Waals surface area contributed by atoms with Crippen LogP contribution in [0.5, 0.6) is 11.5 Å². The normalized spacial score (nSPS) is 11.6. The van der Waals surface area contributed by atoms with E-state index in [1.54, 1.807) is 44.2 Å². The minimum absolute atomic E-state index is 0.146. The lowest BCUT2D eigenvalue weighted by molar-refractivity contribution is 0.485. The van der Waals surface area contributed by atoms with Crippen LogP contribution in [0.2, 0.25) is 0 Å². The van der Waals surface area contributed by atoms with Gasteiger partial charge in [-0.2, -0.15) is 0 Å². The summed E-state index contributed by atoms with van der Waals surface area (Å²) < 4.78 is 38.5. The summed E-state index contributed by atoms with van der Waals surface area (Å²) in [7, 11) is -1.07. The van der Waals surface area contributed by atoms with Gasteiger partial charge in [0.25, 0.3) is 10.0 Å². The predicted molar refractivity (Wildman–Crippen MR) is 137 cm³/mol. The zero-order valence-electron chi connectivity index (χ0n) is 20.5. The molecule has 0 saturated heterocycles. The van der Waals surface area contributed by atoms with Gasteiger partial charge in [0.15, 0.2) is 5.75 Å². The number of anilines is 1. The Morgan fingerprint density at radius 2 is 1.29 bits per heavy atom. The summed E-state index contributed by atoms with van der Waals surface area (Å²) in [5.41, 5.74) is 2.58. The van der Waals surface area contributed by atoms with Gasteiger partial charge < -0.3 is 13.9 Å². The molecule has 0 fully saturated rings. The number of hydrogen-bond acceptors (Lipinski definition) is 5. The van der Waals surface area contributed by atoms with Crippen molar-refractivity contribution in [2.24, 2.45) is 14.1 Å². The summed E-state index contributed by atoms with van der Waals surface area (Å²) in [6.07, 6.45) is 0. The van der Waals surface area contributed by atoms with Crippen molar-refractivity contribution < 1.29 is 13.2 Å². The van der Waals surface area contributed by atoms with Gasteiger partial charge in [-0.3, -0.25) is 14.3 Å². The fourth-order valence-electron chi connectivity index (χ4n) is 4.16. The molecule has 0 atom stereocenters. The van der Waals surface area contributed by atoms with Crippen LogP contribution in [0.4, 0.5) is 5.69 Å². The maximum absolute atomic E-state index is 13.7. The molecular formula is C26H27N3O5S. The van der Waals surface area contributed by atoms with Crippen LogP contribution in [0.1, 0.15) is 22.3 Å². The molecule has 3 aromatic carbocycles. The van der Waals surface area contributed by atoms with Crippen molar-refractivity contribution in [3.05, 3.63) is 91.5 Å². The topological polar surface area (TPSA) is 99.4 Å². The predicted octanol–water partition coefficient (Wildman–Crippen LogP) is 4.06. The number of benzene rings is 3. The van der Waals surface area contributed by atoms with Crippen LogP contribution in [0.25, 0.3) is 11.0 Å². The van der Waals surface area contributed by atoms with E-state index in [-0.39, 0.29) is 16.3 Å². The summed E-state index contributed by atoms with van der Waals surface area (Å²) in [6, 6.07) is 13.9. The van der Waals surface area contributed by atoms with Crippen LogP contribution in [0.3, 0.4) is 0 Å². The van der Waals surface area contributed by atoms with E-state index in [2.05, 4.69) is 4.72 Å². The van der Waals surface area contributed by atoms with Gasteiger partial charge in [-0.15, -0.1) is 0 Å². The van der Waals surface area contributed by atoms with Gasteiger partial charge in [-0.25, -0.2) is 8.42 Å². The first-order chi connectivity index (χ1) is 16.4. The first-order valence-corrected chi connectivity index (χ1v) is 12.5. The molecule has 9 heteroatoms. The van der Waals surface area contributed by atoms with Crippen LogP contribution >= 0.6 is 0 Å². The number of ether oxygens (including phenoxy) is 1. The molecule has 0 bridgehead atoms. The number of fused-ring (bicyclic) bond motifs is 1. The molecule has 1 N–H and O–H groups in total. The molecule has 0 unspecified atom stereocenters. The minimum Gasteiger partial charge on any atom is -0.455 e. The SMILES string of the molecule is Cc1cc(C)c(C)c(S(=O)(=O)Nc2cc3c(cc2Oc2ccccc2)n(C)c(=O)c(=O)n3C)c1C. The van der Waals surface area contributed by atoms with E-state index in [0.29, 0.717) is 27.9 Å². The molecule has 4 rings (SSSR count). The second-order valence-corrected chi connectivity index (χ2v) is 10.3. The van der Waals surface area contributed by atoms with E-state index in [9.17, 15) is 18.0 Å². The lowest BCUT2D eigenvalue weighted by Crippen LogP contribution is -2.39. The molecular weight excluding hydrogens is 466 g/mol. The zero-order chi connectivity index (χ0) is 25.7. The Morgan fingerprint density at radius 1 is 0.771 bits per heavy atom. The highest BCUT2D eigenvalue weighted by molar-refractivity contribution is 7.92. The molecule has 8 nitrogen and oxygen atoms in total. The van der Waals surface area contributed by atoms with Gasteiger partial charge in [0.05, 0.1) is 21.6 Å². The van der Waals surface area contributed by atoms with Gasteiger partial charge >= 0.3 is 11.1 Å². The monoisotopic (exact) mass is 493 g/mol. The summed E-state index contributed by atoms with van der Waals surface area (Å²) in [4.78, 5) is 25.0. The Bertz CT molecular complexity index is 1680. The second-order valence-electron chi connectivity index (χ2n) is 8.68. The molecule has 182 valence electrons. The van der Waals surface area contributed by atoms with Crippen molar-refractivity contribution >= 4 is 26.7 Å². The molecule has 0 radical (unpaired) electrons. The van der Waals surface area contributed by atoms with Crippen molar-refractivity contribution in [3.8, 4) is 11.5 Å². The average Bonchev–Trinajstić information content (AvgIpc) is 2.81. The number of rotatable bonds is 5. The van der Waals surface area contributed by atoms with Gasteiger partial charge in [-0.1, -0.05) is 24.3 Å². The standard InChI is InChI=1S/C26H27N3O5S/c1-15-12-16(2)18(4)24(17(15)3)35(32,33)27-20-13-21-22(29(6)26(31)25(30)28(21)5)14-23(20)34-19-10-8-7-9-11-19/h7-14,27H,1-6H3. The molecule has 0 saturated carbocycles. The summed E-state index contributed by atoms with van der Waals surface area (Å²) in [5.74, 6) is 0.682. The van der Waals surface area contributed by atoms with Gasteiger partial charge in [0.1, 0.15) is 5.75 Å². The summed E-state index contributed by atoms with van der Waals surface area (Å²) in [6.45, 7) is 7.29. The average molecular weight is 494 g/mol. The van der Waals surface area contributed by atoms with Gasteiger partial charge in [0, 0.05) is 20.2 Å². The Morgan fingerprint density at radius 3 is 1.83 bits per heavy atom.